The summed E-state index contributed by atoms with van der Waals surface area (Å²) in [4.78, 5) is 11.4. The van der Waals surface area contributed by atoms with E-state index in [0.717, 1.165) is 0 Å². The van der Waals surface area contributed by atoms with Crippen LogP contribution in [0.15, 0.2) is 0 Å². The van der Waals surface area contributed by atoms with Crippen molar-refractivity contribution in [2.24, 2.45) is 5.92 Å². The average Bonchev–Trinajstić information content (AvgIpc) is 2.57. The van der Waals surface area contributed by atoms with Crippen molar-refractivity contribution >= 4 is 5.97 Å². The van der Waals surface area contributed by atoms with Crippen molar-refractivity contribution in [3.8, 4) is 0 Å². The van der Waals surface area contributed by atoms with Gasteiger partial charge < -0.3 is 19.3 Å². The molecular formula is C11H20O5. The van der Waals surface area contributed by atoms with E-state index in [9.17, 15) is 9.90 Å². The van der Waals surface area contributed by atoms with Gasteiger partial charge in [0.15, 0.2) is 5.79 Å². The Hall–Kier alpha value is -0.650. The van der Waals surface area contributed by atoms with Crippen LogP contribution in [0.5, 0.6) is 0 Å². The van der Waals surface area contributed by atoms with Crippen molar-refractivity contribution in [3.05, 3.63) is 0 Å². The number of carbonyl (C=O) groups is 1. The lowest BCUT2D eigenvalue weighted by Gasteiger charge is -2.23. The van der Waals surface area contributed by atoms with E-state index in [0.29, 0.717) is 6.61 Å². The summed E-state index contributed by atoms with van der Waals surface area (Å²) in [6, 6.07) is 0. The molecule has 94 valence electrons. The number of ether oxygens (including phenoxy) is 3. The first kappa shape index (κ1) is 13.4. The standard InChI is InChI=1S/C11H20O5/c1-5-14-10(13)7(2)9(12)8-6-15-11(3,4)16-8/h7-9,12H,5-6H2,1-4H3/t7-,8-,9-/m1/s1. The van der Waals surface area contributed by atoms with Gasteiger partial charge in [0.25, 0.3) is 0 Å². The predicted molar refractivity (Wildman–Crippen MR) is 56.7 cm³/mol. The van der Waals surface area contributed by atoms with E-state index in [-0.39, 0.29) is 6.61 Å². The van der Waals surface area contributed by atoms with Crippen LogP contribution in [-0.2, 0) is 19.0 Å². The van der Waals surface area contributed by atoms with Gasteiger partial charge in [0.05, 0.1) is 25.2 Å². The fourth-order valence-electron chi connectivity index (χ4n) is 1.62. The van der Waals surface area contributed by atoms with Crippen LogP contribution in [0.2, 0.25) is 0 Å². The summed E-state index contributed by atoms with van der Waals surface area (Å²) in [6.07, 6.45) is -1.38. The molecule has 5 nitrogen and oxygen atoms in total. The Morgan fingerprint density at radius 3 is 2.69 bits per heavy atom. The highest BCUT2D eigenvalue weighted by Crippen LogP contribution is 2.26. The Kier molecular flexibility index (Phi) is 4.29. The first-order chi connectivity index (χ1) is 7.37. The molecule has 5 heteroatoms. The van der Waals surface area contributed by atoms with Crippen molar-refractivity contribution in [1.29, 1.82) is 0 Å². The maximum Gasteiger partial charge on any atom is 0.311 e. The molecule has 0 radical (unpaired) electrons. The van der Waals surface area contributed by atoms with Crippen LogP contribution in [0.4, 0.5) is 0 Å². The Morgan fingerprint density at radius 2 is 2.25 bits per heavy atom. The van der Waals surface area contributed by atoms with Crippen LogP contribution in [0, 0.1) is 5.92 Å². The molecule has 1 saturated heterocycles. The molecule has 1 aliphatic rings. The fraction of sp³-hybridized carbons (Fsp3) is 0.909. The molecule has 1 N–H and O–H groups in total. The number of aliphatic hydroxyl groups excluding tert-OH is 1. The molecule has 0 saturated carbocycles. The molecule has 1 rings (SSSR count). The second-order valence-electron chi connectivity index (χ2n) is 4.40. The van der Waals surface area contributed by atoms with Gasteiger partial charge in [-0.15, -0.1) is 0 Å². The van der Waals surface area contributed by atoms with Gasteiger partial charge in [-0.25, -0.2) is 0 Å². The van der Waals surface area contributed by atoms with Crippen molar-refractivity contribution < 1.29 is 24.1 Å². The molecule has 0 aromatic heterocycles. The van der Waals surface area contributed by atoms with Crippen LogP contribution in [0.1, 0.15) is 27.7 Å². The summed E-state index contributed by atoms with van der Waals surface area (Å²) in [5, 5.41) is 9.94. The molecule has 0 aromatic carbocycles. The average molecular weight is 232 g/mol. The molecule has 3 atom stereocenters. The second-order valence-corrected chi connectivity index (χ2v) is 4.40. The number of carbonyl (C=O) groups excluding carboxylic acids is 1. The highest BCUT2D eigenvalue weighted by molar-refractivity contribution is 5.72. The maximum absolute atomic E-state index is 11.4. The number of aliphatic hydroxyl groups is 1. The first-order valence-corrected chi connectivity index (χ1v) is 5.54. The minimum Gasteiger partial charge on any atom is -0.466 e. The van der Waals surface area contributed by atoms with Gasteiger partial charge in [-0.1, -0.05) is 0 Å². The van der Waals surface area contributed by atoms with E-state index in [1.54, 1.807) is 27.7 Å². The molecule has 1 heterocycles. The van der Waals surface area contributed by atoms with E-state index in [1.165, 1.54) is 0 Å². The zero-order chi connectivity index (χ0) is 12.3. The summed E-state index contributed by atoms with van der Waals surface area (Å²) in [5.41, 5.74) is 0. The van der Waals surface area contributed by atoms with Gasteiger partial charge in [0.1, 0.15) is 6.10 Å². The lowest BCUT2D eigenvalue weighted by atomic mass is 10.0. The Morgan fingerprint density at radius 1 is 1.62 bits per heavy atom. The lowest BCUT2D eigenvalue weighted by Crippen LogP contribution is -2.39. The van der Waals surface area contributed by atoms with Gasteiger partial charge in [-0.3, -0.25) is 4.79 Å². The molecule has 16 heavy (non-hydrogen) atoms. The SMILES string of the molecule is CCOC(=O)[C@H](C)[C@@H](O)[C@H]1COC(C)(C)O1. The Balaban J connectivity index is 2.51. The third-order valence-corrected chi connectivity index (χ3v) is 2.58. The van der Waals surface area contributed by atoms with Gasteiger partial charge in [-0.05, 0) is 27.7 Å². The monoisotopic (exact) mass is 232 g/mol. The van der Waals surface area contributed by atoms with Crippen LogP contribution in [0.25, 0.3) is 0 Å². The maximum atomic E-state index is 11.4. The molecule has 0 aliphatic carbocycles. The minimum atomic E-state index is -0.902. The number of rotatable bonds is 4. The predicted octanol–water partition coefficient (Wildman–Crippen LogP) is 0.698. The van der Waals surface area contributed by atoms with E-state index in [4.69, 9.17) is 14.2 Å². The normalized spacial score (nSPS) is 27.4. The molecule has 0 aromatic rings. The van der Waals surface area contributed by atoms with Gasteiger partial charge in [-0.2, -0.15) is 0 Å². The summed E-state index contributed by atoms with van der Waals surface area (Å²) >= 11 is 0. The fourth-order valence-corrected chi connectivity index (χ4v) is 1.62. The quantitative estimate of drug-likeness (QED) is 0.723. The zero-order valence-electron chi connectivity index (χ0n) is 10.2. The van der Waals surface area contributed by atoms with Crippen LogP contribution in [0.3, 0.4) is 0 Å². The second kappa shape index (κ2) is 5.12. The largest absolute Gasteiger partial charge is 0.466 e. The van der Waals surface area contributed by atoms with Crippen molar-refractivity contribution in [2.75, 3.05) is 13.2 Å². The van der Waals surface area contributed by atoms with Crippen molar-refractivity contribution in [2.45, 2.75) is 45.7 Å². The van der Waals surface area contributed by atoms with Crippen molar-refractivity contribution in [3.63, 3.8) is 0 Å². The summed E-state index contributed by atoms with van der Waals surface area (Å²) in [5.74, 6) is -1.72. The molecule has 1 aliphatic heterocycles. The summed E-state index contributed by atoms with van der Waals surface area (Å²) in [7, 11) is 0. The molecular weight excluding hydrogens is 212 g/mol. The van der Waals surface area contributed by atoms with E-state index in [2.05, 4.69) is 0 Å². The molecule has 0 amide bonds. The molecule has 0 spiro atoms. The third-order valence-electron chi connectivity index (χ3n) is 2.58. The molecule has 0 bridgehead atoms. The highest BCUT2D eigenvalue weighted by atomic mass is 16.7. The van der Waals surface area contributed by atoms with Gasteiger partial charge in [0, 0.05) is 0 Å². The summed E-state index contributed by atoms with van der Waals surface area (Å²) < 4.78 is 15.7. The number of hydrogen-bond acceptors (Lipinski definition) is 5. The van der Waals surface area contributed by atoms with Gasteiger partial charge >= 0.3 is 5.97 Å². The zero-order valence-corrected chi connectivity index (χ0v) is 10.2. The smallest absolute Gasteiger partial charge is 0.311 e. The third kappa shape index (κ3) is 3.17. The van der Waals surface area contributed by atoms with Crippen molar-refractivity contribution in [1.82, 2.24) is 0 Å². The van der Waals surface area contributed by atoms with E-state index < -0.39 is 29.9 Å². The summed E-state index contributed by atoms with van der Waals surface area (Å²) in [6.45, 7) is 7.50. The minimum absolute atomic E-state index is 0.290. The topological polar surface area (TPSA) is 65.0 Å². The highest BCUT2D eigenvalue weighted by Gasteiger charge is 2.40. The Bertz CT molecular complexity index is 251. The van der Waals surface area contributed by atoms with E-state index in [1.807, 2.05) is 0 Å². The first-order valence-electron chi connectivity index (χ1n) is 5.54. The van der Waals surface area contributed by atoms with Crippen LogP contribution in [-0.4, -0.2) is 42.3 Å². The van der Waals surface area contributed by atoms with Crippen LogP contribution < -0.4 is 0 Å². The molecule has 0 unspecified atom stereocenters. The van der Waals surface area contributed by atoms with Crippen LogP contribution >= 0.6 is 0 Å². The lowest BCUT2D eigenvalue weighted by molar-refractivity contribution is -0.167. The van der Waals surface area contributed by atoms with Gasteiger partial charge in [0.2, 0.25) is 0 Å². The molecule has 1 fully saturated rings. The number of esters is 1. The number of hydrogen-bond donors (Lipinski definition) is 1. The van der Waals surface area contributed by atoms with E-state index >= 15 is 0 Å². The Labute approximate surface area is 95.7 Å².